The second-order valence-electron chi connectivity index (χ2n) is 5.19. The standard InChI is InChI=1S/C15H18FNO3/c1-2-3-13(15(19)20)17-14(18)12-8-11(12)9-4-6-10(16)7-5-9/h4-7,11-13H,2-3,8H2,1H3,(H,17,18)(H,19,20). The van der Waals surface area contributed by atoms with E-state index in [0.29, 0.717) is 19.3 Å². The molecule has 108 valence electrons. The first-order valence-electron chi connectivity index (χ1n) is 6.81. The van der Waals surface area contributed by atoms with Crippen LogP contribution in [0.25, 0.3) is 0 Å². The summed E-state index contributed by atoms with van der Waals surface area (Å²) in [4.78, 5) is 23.0. The highest BCUT2D eigenvalue weighted by Crippen LogP contribution is 2.47. The van der Waals surface area contributed by atoms with Crippen molar-refractivity contribution < 1.29 is 19.1 Å². The number of carboxylic acid groups (broad SMARTS) is 1. The maximum absolute atomic E-state index is 12.8. The third kappa shape index (κ3) is 3.35. The van der Waals surface area contributed by atoms with Gasteiger partial charge in [-0.05, 0) is 36.5 Å². The van der Waals surface area contributed by atoms with Crippen molar-refractivity contribution in [2.45, 2.75) is 38.1 Å². The summed E-state index contributed by atoms with van der Waals surface area (Å²) >= 11 is 0. The Morgan fingerprint density at radius 1 is 1.40 bits per heavy atom. The predicted molar refractivity (Wildman–Crippen MR) is 71.7 cm³/mol. The SMILES string of the molecule is CCCC(NC(=O)C1CC1c1ccc(F)cc1)C(=O)O. The minimum atomic E-state index is -1.00. The van der Waals surface area contributed by atoms with Crippen LogP contribution in [0.1, 0.15) is 37.7 Å². The lowest BCUT2D eigenvalue weighted by Gasteiger charge is -2.13. The number of carbonyl (C=O) groups is 2. The molecular formula is C15H18FNO3. The van der Waals surface area contributed by atoms with Crippen LogP contribution in [-0.4, -0.2) is 23.0 Å². The van der Waals surface area contributed by atoms with Gasteiger partial charge in [0.05, 0.1) is 0 Å². The molecule has 0 spiro atoms. The summed E-state index contributed by atoms with van der Waals surface area (Å²) in [6, 6.07) is 5.28. The van der Waals surface area contributed by atoms with Crippen molar-refractivity contribution in [2.75, 3.05) is 0 Å². The molecule has 0 aliphatic heterocycles. The molecule has 3 unspecified atom stereocenters. The molecule has 1 aromatic rings. The first-order chi connectivity index (χ1) is 9.52. The van der Waals surface area contributed by atoms with Crippen LogP contribution in [0.5, 0.6) is 0 Å². The van der Waals surface area contributed by atoms with Gasteiger partial charge in [0, 0.05) is 5.92 Å². The van der Waals surface area contributed by atoms with Gasteiger partial charge < -0.3 is 10.4 Å². The van der Waals surface area contributed by atoms with Crippen LogP contribution in [0.2, 0.25) is 0 Å². The second-order valence-corrected chi connectivity index (χ2v) is 5.19. The van der Waals surface area contributed by atoms with Crippen LogP contribution >= 0.6 is 0 Å². The molecule has 0 bridgehead atoms. The normalized spacial score (nSPS) is 22.1. The largest absolute Gasteiger partial charge is 0.480 e. The van der Waals surface area contributed by atoms with E-state index in [1.807, 2.05) is 6.92 Å². The maximum atomic E-state index is 12.8. The number of hydrogen-bond donors (Lipinski definition) is 2. The molecule has 1 aromatic carbocycles. The average Bonchev–Trinajstić information content (AvgIpc) is 3.19. The molecule has 0 aromatic heterocycles. The van der Waals surface area contributed by atoms with E-state index in [9.17, 15) is 14.0 Å². The van der Waals surface area contributed by atoms with Crippen molar-refractivity contribution in [1.29, 1.82) is 0 Å². The minimum absolute atomic E-state index is 0.0756. The number of rotatable bonds is 6. The van der Waals surface area contributed by atoms with Crippen LogP contribution in [0.15, 0.2) is 24.3 Å². The van der Waals surface area contributed by atoms with Gasteiger partial charge in [-0.1, -0.05) is 25.5 Å². The lowest BCUT2D eigenvalue weighted by atomic mass is 10.1. The molecule has 1 saturated carbocycles. The van der Waals surface area contributed by atoms with Gasteiger partial charge >= 0.3 is 5.97 Å². The Morgan fingerprint density at radius 2 is 2.05 bits per heavy atom. The van der Waals surface area contributed by atoms with E-state index in [4.69, 9.17) is 5.11 Å². The van der Waals surface area contributed by atoms with Gasteiger partial charge in [-0.25, -0.2) is 9.18 Å². The Kier molecular flexibility index (Phi) is 4.37. The van der Waals surface area contributed by atoms with Crippen LogP contribution in [0, 0.1) is 11.7 Å². The van der Waals surface area contributed by atoms with Crippen molar-refractivity contribution in [3.05, 3.63) is 35.6 Å². The van der Waals surface area contributed by atoms with Crippen molar-refractivity contribution in [3.8, 4) is 0 Å². The van der Waals surface area contributed by atoms with Gasteiger partial charge in [0.1, 0.15) is 11.9 Å². The molecule has 2 rings (SSSR count). The van der Waals surface area contributed by atoms with E-state index < -0.39 is 12.0 Å². The monoisotopic (exact) mass is 279 g/mol. The van der Waals surface area contributed by atoms with Gasteiger partial charge in [0.2, 0.25) is 5.91 Å². The summed E-state index contributed by atoms with van der Waals surface area (Å²) in [7, 11) is 0. The zero-order chi connectivity index (χ0) is 14.7. The summed E-state index contributed by atoms with van der Waals surface area (Å²) in [5.74, 6) is -1.64. The molecule has 0 saturated heterocycles. The first kappa shape index (κ1) is 14.5. The second kappa shape index (κ2) is 6.03. The highest BCUT2D eigenvalue weighted by molar-refractivity contribution is 5.87. The summed E-state index contributed by atoms with van der Waals surface area (Å²) < 4.78 is 12.8. The number of benzene rings is 1. The molecule has 2 N–H and O–H groups in total. The summed E-state index contributed by atoms with van der Waals surface area (Å²) in [6.45, 7) is 1.88. The zero-order valence-corrected chi connectivity index (χ0v) is 11.3. The molecular weight excluding hydrogens is 261 g/mol. The first-order valence-corrected chi connectivity index (χ1v) is 6.81. The maximum Gasteiger partial charge on any atom is 0.326 e. The number of amides is 1. The van der Waals surface area contributed by atoms with Crippen LogP contribution in [0.3, 0.4) is 0 Å². The lowest BCUT2D eigenvalue weighted by molar-refractivity contribution is -0.142. The number of nitrogens with one attached hydrogen (secondary N) is 1. The topological polar surface area (TPSA) is 66.4 Å². The average molecular weight is 279 g/mol. The summed E-state index contributed by atoms with van der Waals surface area (Å²) in [5.41, 5.74) is 0.925. The third-order valence-electron chi connectivity index (χ3n) is 3.62. The minimum Gasteiger partial charge on any atom is -0.480 e. The fourth-order valence-electron chi connectivity index (χ4n) is 2.39. The fraction of sp³-hybridized carbons (Fsp3) is 0.467. The van der Waals surface area contributed by atoms with Crippen LogP contribution in [0.4, 0.5) is 4.39 Å². The zero-order valence-electron chi connectivity index (χ0n) is 11.3. The van der Waals surface area contributed by atoms with Crippen molar-refractivity contribution >= 4 is 11.9 Å². The lowest BCUT2D eigenvalue weighted by Crippen LogP contribution is -2.41. The molecule has 1 aliphatic carbocycles. The van der Waals surface area contributed by atoms with Gasteiger partial charge in [-0.2, -0.15) is 0 Å². The highest BCUT2D eigenvalue weighted by atomic mass is 19.1. The molecule has 3 atom stereocenters. The number of aliphatic carboxylic acids is 1. The van der Waals surface area contributed by atoms with Crippen molar-refractivity contribution in [2.24, 2.45) is 5.92 Å². The van der Waals surface area contributed by atoms with E-state index in [0.717, 1.165) is 5.56 Å². The smallest absolute Gasteiger partial charge is 0.326 e. The Balaban J connectivity index is 1.92. The van der Waals surface area contributed by atoms with E-state index in [-0.39, 0.29) is 23.6 Å². The molecule has 0 heterocycles. The summed E-state index contributed by atoms with van der Waals surface area (Å²) in [6.07, 6.45) is 1.81. The van der Waals surface area contributed by atoms with Crippen molar-refractivity contribution in [1.82, 2.24) is 5.32 Å². The quantitative estimate of drug-likeness (QED) is 0.839. The Labute approximate surface area is 117 Å². The summed E-state index contributed by atoms with van der Waals surface area (Å²) in [5, 5.41) is 11.6. The Bertz CT molecular complexity index is 500. The number of carboxylic acids is 1. The molecule has 4 nitrogen and oxygen atoms in total. The van der Waals surface area contributed by atoms with Crippen LogP contribution < -0.4 is 5.32 Å². The number of hydrogen-bond acceptors (Lipinski definition) is 2. The van der Waals surface area contributed by atoms with E-state index in [1.54, 1.807) is 12.1 Å². The van der Waals surface area contributed by atoms with Crippen molar-refractivity contribution in [3.63, 3.8) is 0 Å². The van der Waals surface area contributed by atoms with E-state index in [2.05, 4.69) is 5.32 Å². The molecule has 1 aliphatic rings. The highest BCUT2D eigenvalue weighted by Gasteiger charge is 2.44. The molecule has 20 heavy (non-hydrogen) atoms. The molecule has 1 fully saturated rings. The third-order valence-corrected chi connectivity index (χ3v) is 3.62. The van der Waals surface area contributed by atoms with E-state index >= 15 is 0 Å². The van der Waals surface area contributed by atoms with Crippen LogP contribution in [-0.2, 0) is 9.59 Å². The Hall–Kier alpha value is -1.91. The number of carbonyl (C=O) groups excluding carboxylic acids is 1. The number of halogens is 1. The van der Waals surface area contributed by atoms with E-state index in [1.165, 1.54) is 12.1 Å². The van der Waals surface area contributed by atoms with Gasteiger partial charge in [0.25, 0.3) is 0 Å². The molecule has 5 heteroatoms. The fourth-order valence-corrected chi connectivity index (χ4v) is 2.39. The molecule has 1 amide bonds. The Morgan fingerprint density at radius 3 is 2.60 bits per heavy atom. The molecule has 0 radical (unpaired) electrons. The van der Waals surface area contributed by atoms with Gasteiger partial charge in [0.15, 0.2) is 0 Å². The predicted octanol–water partition coefficient (Wildman–Crippen LogP) is 2.30. The van der Waals surface area contributed by atoms with Gasteiger partial charge in [-0.3, -0.25) is 4.79 Å². The van der Waals surface area contributed by atoms with Gasteiger partial charge in [-0.15, -0.1) is 0 Å².